The van der Waals surface area contributed by atoms with Crippen LogP contribution in [0.15, 0.2) is 36.8 Å². The predicted molar refractivity (Wildman–Crippen MR) is 73.6 cm³/mol. The minimum Gasteiger partial charge on any atom is -0.483 e. The molecule has 0 spiro atoms. The zero-order chi connectivity index (χ0) is 16.1. The summed E-state index contributed by atoms with van der Waals surface area (Å²) in [5.74, 6) is -1.40. The van der Waals surface area contributed by atoms with Crippen LogP contribution in [0.5, 0.6) is 5.88 Å². The van der Waals surface area contributed by atoms with E-state index in [9.17, 15) is 8.78 Å². The highest BCUT2D eigenvalue weighted by Gasteiger charge is 2.12. The summed E-state index contributed by atoms with van der Waals surface area (Å²) in [6, 6.07) is 3.71. The maximum absolute atomic E-state index is 13.3. The van der Waals surface area contributed by atoms with Crippen LogP contribution in [0.2, 0.25) is 0 Å². The van der Waals surface area contributed by atoms with Gasteiger partial charge in [0.2, 0.25) is 5.65 Å². The van der Waals surface area contributed by atoms with Gasteiger partial charge in [0, 0.05) is 18.0 Å². The van der Waals surface area contributed by atoms with Crippen LogP contribution in [0, 0.1) is 11.6 Å². The van der Waals surface area contributed by atoms with E-state index in [1.165, 1.54) is 13.2 Å². The van der Waals surface area contributed by atoms with Crippen molar-refractivity contribution in [2.45, 2.75) is 0 Å². The van der Waals surface area contributed by atoms with E-state index in [2.05, 4.69) is 9.97 Å². The fourth-order valence-electron chi connectivity index (χ4n) is 1.91. The number of rotatable bonds is 2. The van der Waals surface area contributed by atoms with Crippen LogP contribution in [0.25, 0.3) is 16.9 Å². The second-order valence-electron chi connectivity index (χ2n) is 4.01. The molecule has 1 N–H and O–H groups in total. The molecule has 114 valence electrons. The largest absolute Gasteiger partial charge is 0.483 e. The Hall–Kier alpha value is -3.03. The number of hydrogen-bond acceptors (Lipinski definition) is 4. The second-order valence-corrected chi connectivity index (χ2v) is 4.01. The van der Waals surface area contributed by atoms with Crippen LogP contribution < -0.4 is 4.74 Å². The molecule has 6 nitrogen and oxygen atoms in total. The van der Waals surface area contributed by atoms with Gasteiger partial charge in [-0.05, 0) is 18.2 Å². The molecule has 0 aliphatic heterocycles. The molecule has 1 aromatic carbocycles. The van der Waals surface area contributed by atoms with E-state index in [1.807, 2.05) is 0 Å². The Bertz CT molecular complexity index is 805. The standard InChI is InChI=1S/C13H9F2N3O.CH2O2/c1-19-13-12-17-7-11(18(12)5-4-16-13)8-2-3-9(14)10(15)6-8;2-1-3/h2-7H,1H3;1H,(H,2,3). The van der Waals surface area contributed by atoms with Crippen molar-refractivity contribution in [2.24, 2.45) is 0 Å². The van der Waals surface area contributed by atoms with E-state index in [0.29, 0.717) is 22.8 Å². The lowest BCUT2D eigenvalue weighted by Gasteiger charge is -2.04. The van der Waals surface area contributed by atoms with Crippen molar-refractivity contribution < 1.29 is 23.4 Å². The van der Waals surface area contributed by atoms with Crippen molar-refractivity contribution >= 4 is 12.1 Å². The Labute approximate surface area is 123 Å². The highest BCUT2D eigenvalue weighted by molar-refractivity contribution is 5.65. The van der Waals surface area contributed by atoms with Crippen LogP contribution in [-0.4, -0.2) is 33.1 Å². The molecule has 0 aliphatic carbocycles. The molecule has 0 saturated carbocycles. The Morgan fingerprint density at radius 1 is 1.27 bits per heavy atom. The third kappa shape index (κ3) is 2.85. The van der Waals surface area contributed by atoms with E-state index in [-0.39, 0.29) is 6.47 Å². The minimum absolute atomic E-state index is 0.250. The SMILES string of the molecule is COc1nccn2c(-c3ccc(F)c(F)c3)cnc12.O=CO. The van der Waals surface area contributed by atoms with Crippen LogP contribution in [0.4, 0.5) is 8.78 Å². The van der Waals surface area contributed by atoms with Gasteiger partial charge in [0.1, 0.15) is 0 Å². The molecule has 3 aromatic rings. The van der Waals surface area contributed by atoms with Gasteiger partial charge in [-0.25, -0.2) is 18.7 Å². The summed E-state index contributed by atoms with van der Waals surface area (Å²) in [5.41, 5.74) is 1.68. The average molecular weight is 307 g/mol. The number of imidazole rings is 1. The highest BCUT2D eigenvalue weighted by atomic mass is 19.2. The third-order valence-electron chi connectivity index (χ3n) is 2.80. The number of ether oxygens (including phenoxy) is 1. The quantitative estimate of drug-likeness (QED) is 0.736. The van der Waals surface area contributed by atoms with E-state index in [4.69, 9.17) is 14.6 Å². The molecule has 0 saturated heterocycles. The van der Waals surface area contributed by atoms with Crippen molar-refractivity contribution in [1.82, 2.24) is 14.4 Å². The molecule has 3 rings (SSSR count). The van der Waals surface area contributed by atoms with Gasteiger partial charge in [-0.1, -0.05) is 0 Å². The fourth-order valence-corrected chi connectivity index (χ4v) is 1.91. The van der Waals surface area contributed by atoms with Crippen LogP contribution in [0.1, 0.15) is 0 Å². The number of carboxylic acid groups (broad SMARTS) is 1. The fraction of sp³-hybridized carbons (Fsp3) is 0.0714. The molecule has 0 amide bonds. The summed E-state index contributed by atoms with van der Waals surface area (Å²) in [5, 5.41) is 6.89. The molecule has 2 heterocycles. The molecule has 0 bridgehead atoms. The molecule has 0 aliphatic rings. The molecule has 8 heteroatoms. The van der Waals surface area contributed by atoms with Gasteiger partial charge in [0.15, 0.2) is 11.6 Å². The summed E-state index contributed by atoms with van der Waals surface area (Å²) >= 11 is 0. The molecule has 22 heavy (non-hydrogen) atoms. The first-order chi connectivity index (χ1) is 10.6. The number of methoxy groups -OCH3 is 1. The molecular weight excluding hydrogens is 296 g/mol. The number of benzene rings is 1. The van der Waals surface area contributed by atoms with Crippen molar-refractivity contribution in [1.29, 1.82) is 0 Å². The first-order valence-electron chi connectivity index (χ1n) is 6.01. The molecule has 2 aromatic heterocycles. The van der Waals surface area contributed by atoms with Gasteiger partial charge >= 0.3 is 0 Å². The maximum Gasteiger partial charge on any atom is 0.290 e. The zero-order valence-electron chi connectivity index (χ0n) is 11.4. The molecule has 0 atom stereocenters. The van der Waals surface area contributed by atoms with E-state index >= 15 is 0 Å². The number of hydrogen-bond donors (Lipinski definition) is 1. The lowest BCUT2D eigenvalue weighted by molar-refractivity contribution is -0.122. The Morgan fingerprint density at radius 3 is 2.64 bits per heavy atom. The summed E-state index contributed by atoms with van der Waals surface area (Å²) in [7, 11) is 1.49. The van der Waals surface area contributed by atoms with Crippen molar-refractivity contribution in [3.63, 3.8) is 0 Å². The number of fused-ring (bicyclic) bond motifs is 1. The summed E-state index contributed by atoms with van der Waals surface area (Å²) in [6.45, 7) is -0.250. The first kappa shape index (κ1) is 15.4. The van der Waals surface area contributed by atoms with Crippen LogP contribution in [0.3, 0.4) is 0 Å². The van der Waals surface area contributed by atoms with E-state index in [1.54, 1.807) is 23.0 Å². The molecule has 0 fully saturated rings. The van der Waals surface area contributed by atoms with Gasteiger partial charge in [-0.15, -0.1) is 0 Å². The second kappa shape index (κ2) is 6.61. The normalized spacial score (nSPS) is 9.95. The van der Waals surface area contributed by atoms with Crippen molar-refractivity contribution in [3.05, 3.63) is 48.4 Å². The smallest absolute Gasteiger partial charge is 0.290 e. The molecule has 0 unspecified atom stereocenters. The van der Waals surface area contributed by atoms with E-state index in [0.717, 1.165) is 12.1 Å². The van der Waals surface area contributed by atoms with Crippen LogP contribution in [-0.2, 0) is 4.79 Å². The number of carbonyl (C=O) groups is 1. The Morgan fingerprint density at radius 2 is 2.00 bits per heavy atom. The molecule has 0 radical (unpaired) electrons. The average Bonchev–Trinajstić information content (AvgIpc) is 2.95. The Kier molecular flexibility index (Phi) is 4.62. The number of nitrogens with zero attached hydrogens (tertiary/aromatic N) is 3. The van der Waals surface area contributed by atoms with Crippen molar-refractivity contribution in [2.75, 3.05) is 7.11 Å². The van der Waals surface area contributed by atoms with Crippen molar-refractivity contribution in [3.8, 4) is 17.1 Å². The van der Waals surface area contributed by atoms with Gasteiger partial charge in [-0.3, -0.25) is 9.20 Å². The number of halogens is 2. The lowest BCUT2D eigenvalue weighted by Crippen LogP contribution is -1.95. The summed E-state index contributed by atoms with van der Waals surface area (Å²) in [6.07, 6.45) is 4.80. The van der Waals surface area contributed by atoms with Gasteiger partial charge < -0.3 is 9.84 Å². The highest BCUT2D eigenvalue weighted by Crippen LogP contribution is 2.25. The van der Waals surface area contributed by atoms with Gasteiger partial charge in [0.25, 0.3) is 12.4 Å². The monoisotopic (exact) mass is 307 g/mol. The maximum atomic E-state index is 13.3. The third-order valence-corrected chi connectivity index (χ3v) is 2.80. The van der Waals surface area contributed by atoms with E-state index < -0.39 is 11.6 Å². The summed E-state index contributed by atoms with van der Waals surface area (Å²) < 4.78 is 33.0. The zero-order valence-corrected chi connectivity index (χ0v) is 11.4. The van der Waals surface area contributed by atoms with Crippen LogP contribution >= 0.6 is 0 Å². The lowest BCUT2D eigenvalue weighted by atomic mass is 10.1. The summed E-state index contributed by atoms with van der Waals surface area (Å²) in [4.78, 5) is 16.6. The minimum atomic E-state index is -0.895. The topological polar surface area (TPSA) is 76.7 Å². The Balaban J connectivity index is 0.000000545. The predicted octanol–water partition coefficient (Wildman–Crippen LogP) is 2.38. The number of aromatic nitrogens is 3. The first-order valence-corrected chi connectivity index (χ1v) is 6.01. The molecular formula is C14H11F2N3O3. The van der Waals surface area contributed by atoms with Gasteiger partial charge in [0.05, 0.1) is 19.0 Å². The van der Waals surface area contributed by atoms with Gasteiger partial charge in [-0.2, -0.15) is 0 Å².